The molecule has 1 saturated heterocycles. The first kappa shape index (κ1) is 29.6. The van der Waals surface area contributed by atoms with Gasteiger partial charge in [-0.25, -0.2) is 4.79 Å². The van der Waals surface area contributed by atoms with Crippen molar-refractivity contribution in [1.29, 1.82) is 0 Å². The molecule has 0 aliphatic carbocycles. The maximum absolute atomic E-state index is 13.7. The number of halogens is 1. The fourth-order valence-corrected chi connectivity index (χ4v) is 5.16. The predicted octanol–water partition coefficient (Wildman–Crippen LogP) is 2.61. The number of carbonyl (C=O) groups excluding carboxylic acids is 2. The maximum atomic E-state index is 13.7. The molecule has 2 aliphatic heterocycles. The van der Waals surface area contributed by atoms with Crippen LogP contribution < -0.4 is 10.6 Å². The Morgan fingerprint density at radius 2 is 1.76 bits per heavy atom. The highest BCUT2D eigenvalue weighted by atomic mass is 35.5. The summed E-state index contributed by atoms with van der Waals surface area (Å²) in [5.74, 6) is -1.79. The molecule has 10 heteroatoms. The van der Waals surface area contributed by atoms with Crippen LogP contribution in [-0.4, -0.2) is 66.4 Å². The largest absolute Gasteiger partial charge is 0.481 e. The smallest absolute Gasteiger partial charge is 0.331 e. The summed E-state index contributed by atoms with van der Waals surface area (Å²) < 4.78 is 11.6. The van der Waals surface area contributed by atoms with Gasteiger partial charge in [0.05, 0.1) is 18.7 Å². The zero-order valence-corrected chi connectivity index (χ0v) is 22.4. The van der Waals surface area contributed by atoms with E-state index in [2.05, 4.69) is 10.6 Å². The van der Waals surface area contributed by atoms with E-state index < -0.39 is 23.6 Å². The monoisotopic (exact) mass is 545 g/mol. The molecule has 0 aromatic heterocycles. The number of nitrogens with one attached hydrogen (secondary N) is 2. The molecular formula is C28H36ClN3O6. The first-order chi connectivity index (χ1) is 17.9. The Morgan fingerprint density at radius 1 is 1.08 bits per heavy atom. The highest BCUT2D eigenvalue weighted by Crippen LogP contribution is 2.39. The molecule has 2 atom stereocenters. The summed E-state index contributed by atoms with van der Waals surface area (Å²) in [6, 6.07) is 16.9. The molecule has 4 rings (SSSR count). The number of aliphatic carboxylic acids is 1. The van der Waals surface area contributed by atoms with Gasteiger partial charge in [0.25, 0.3) is 0 Å². The number of hydrogen-bond acceptors (Lipinski definition) is 7. The van der Waals surface area contributed by atoms with Gasteiger partial charge < -0.3 is 25.2 Å². The van der Waals surface area contributed by atoms with Crippen molar-refractivity contribution < 1.29 is 29.0 Å². The van der Waals surface area contributed by atoms with E-state index in [9.17, 15) is 19.5 Å². The fraction of sp³-hybridized carbons (Fsp3) is 0.464. The van der Waals surface area contributed by atoms with Gasteiger partial charge in [-0.3, -0.25) is 14.5 Å². The number of benzene rings is 2. The van der Waals surface area contributed by atoms with Gasteiger partial charge in [0.15, 0.2) is 0 Å². The average Bonchev–Trinajstić information content (AvgIpc) is 2.91. The van der Waals surface area contributed by atoms with Gasteiger partial charge in [0.1, 0.15) is 18.8 Å². The zero-order chi connectivity index (χ0) is 26.3. The number of fused-ring (bicyclic) bond motifs is 1. The van der Waals surface area contributed by atoms with Gasteiger partial charge in [0, 0.05) is 13.0 Å². The molecule has 38 heavy (non-hydrogen) atoms. The van der Waals surface area contributed by atoms with E-state index in [0.717, 1.165) is 42.6 Å². The van der Waals surface area contributed by atoms with E-state index in [-0.39, 0.29) is 50.6 Å². The molecule has 2 heterocycles. The standard InChI is InChI=1S/C28H35N3O6.ClH/c1-28(27(35)37-18-20-7-3-2-4-8-20)23-10-6-5-9-21(23)17-24(31(28)16-13-26(33)34)30-25(32)19-36-22-11-14-29-15-12-22;/h2-10,22,24,29H,11-19H2,1H3,(H,30,32)(H,33,34);1H. The number of ether oxygens (including phenoxy) is 2. The lowest BCUT2D eigenvalue weighted by Gasteiger charge is -2.48. The molecule has 1 amide bonds. The summed E-state index contributed by atoms with van der Waals surface area (Å²) in [4.78, 5) is 39.9. The van der Waals surface area contributed by atoms with Crippen molar-refractivity contribution in [3.63, 3.8) is 0 Å². The molecule has 2 unspecified atom stereocenters. The van der Waals surface area contributed by atoms with E-state index in [4.69, 9.17) is 9.47 Å². The molecule has 9 nitrogen and oxygen atoms in total. The number of carbonyl (C=O) groups is 3. The number of carboxylic acids is 1. The van der Waals surface area contributed by atoms with Crippen molar-refractivity contribution in [2.75, 3.05) is 26.2 Å². The fourth-order valence-electron chi connectivity index (χ4n) is 5.16. The topological polar surface area (TPSA) is 117 Å². The number of esters is 1. The van der Waals surface area contributed by atoms with Crippen LogP contribution in [0, 0.1) is 0 Å². The van der Waals surface area contributed by atoms with Gasteiger partial charge in [-0.15, -0.1) is 12.4 Å². The average molecular weight is 546 g/mol. The lowest BCUT2D eigenvalue weighted by molar-refractivity contribution is -0.165. The van der Waals surface area contributed by atoms with Crippen molar-refractivity contribution >= 4 is 30.3 Å². The molecule has 3 N–H and O–H groups in total. The summed E-state index contributed by atoms with van der Waals surface area (Å²) in [6.07, 6.45) is 1.35. The highest BCUT2D eigenvalue weighted by molar-refractivity contribution is 5.85. The van der Waals surface area contributed by atoms with Crippen LogP contribution in [0.25, 0.3) is 0 Å². The lowest BCUT2D eigenvalue weighted by atomic mass is 9.80. The van der Waals surface area contributed by atoms with Crippen LogP contribution in [0.5, 0.6) is 0 Å². The Bertz CT molecular complexity index is 1100. The zero-order valence-electron chi connectivity index (χ0n) is 21.6. The van der Waals surface area contributed by atoms with E-state index in [1.165, 1.54) is 0 Å². The molecule has 2 aromatic carbocycles. The number of amides is 1. The van der Waals surface area contributed by atoms with Crippen molar-refractivity contribution in [2.45, 2.75) is 57.0 Å². The van der Waals surface area contributed by atoms with E-state index in [1.807, 2.05) is 54.6 Å². The Labute approximate surface area is 229 Å². The maximum Gasteiger partial charge on any atom is 0.331 e. The first-order valence-corrected chi connectivity index (χ1v) is 12.8. The first-order valence-electron chi connectivity index (χ1n) is 12.8. The third kappa shape index (κ3) is 7.11. The van der Waals surface area contributed by atoms with Gasteiger partial charge in [-0.2, -0.15) is 0 Å². The summed E-state index contributed by atoms with van der Waals surface area (Å²) in [5.41, 5.74) is 1.20. The van der Waals surface area contributed by atoms with Crippen molar-refractivity contribution in [2.24, 2.45) is 0 Å². The minimum atomic E-state index is -1.30. The number of rotatable bonds is 10. The third-order valence-corrected chi connectivity index (χ3v) is 7.15. The highest BCUT2D eigenvalue weighted by Gasteiger charge is 2.50. The Kier molecular flexibility index (Phi) is 10.7. The predicted molar refractivity (Wildman–Crippen MR) is 144 cm³/mol. The second-order valence-corrected chi connectivity index (χ2v) is 9.68. The summed E-state index contributed by atoms with van der Waals surface area (Å²) in [6.45, 7) is 3.51. The number of hydrogen-bond donors (Lipinski definition) is 3. The van der Waals surface area contributed by atoms with E-state index in [1.54, 1.807) is 11.8 Å². The Hall–Kier alpha value is -2.98. The van der Waals surface area contributed by atoms with Crippen LogP contribution in [0.3, 0.4) is 0 Å². The van der Waals surface area contributed by atoms with E-state index >= 15 is 0 Å². The van der Waals surface area contributed by atoms with Crippen LogP contribution in [0.1, 0.15) is 42.9 Å². The summed E-state index contributed by atoms with van der Waals surface area (Å²) in [7, 11) is 0. The van der Waals surface area contributed by atoms with Crippen molar-refractivity contribution in [1.82, 2.24) is 15.5 Å². The Morgan fingerprint density at radius 3 is 2.47 bits per heavy atom. The minimum absolute atomic E-state index is 0. The van der Waals surface area contributed by atoms with Crippen molar-refractivity contribution in [3.8, 4) is 0 Å². The molecule has 2 aromatic rings. The Balaban J connectivity index is 0.00000400. The quantitative estimate of drug-likeness (QED) is 0.390. The van der Waals surface area contributed by atoms with Gasteiger partial charge >= 0.3 is 11.9 Å². The van der Waals surface area contributed by atoms with Gasteiger partial charge in [-0.05, 0) is 49.5 Å². The molecule has 0 bridgehead atoms. The summed E-state index contributed by atoms with van der Waals surface area (Å²) in [5, 5.41) is 15.7. The second kappa shape index (κ2) is 13.7. The van der Waals surface area contributed by atoms with E-state index in [0.29, 0.717) is 6.42 Å². The van der Waals surface area contributed by atoms with Crippen LogP contribution in [0.2, 0.25) is 0 Å². The van der Waals surface area contributed by atoms with Crippen LogP contribution in [0.15, 0.2) is 54.6 Å². The summed E-state index contributed by atoms with van der Waals surface area (Å²) >= 11 is 0. The number of carboxylic acid groups (broad SMARTS) is 1. The minimum Gasteiger partial charge on any atom is -0.481 e. The third-order valence-electron chi connectivity index (χ3n) is 7.15. The van der Waals surface area contributed by atoms with Crippen LogP contribution >= 0.6 is 12.4 Å². The molecule has 0 spiro atoms. The normalized spacial score (nSPS) is 21.6. The molecule has 2 aliphatic rings. The van der Waals surface area contributed by atoms with Gasteiger partial charge in [0.2, 0.25) is 5.91 Å². The lowest BCUT2D eigenvalue weighted by Crippen LogP contribution is -2.64. The molecule has 0 radical (unpaired) electrons. The molecule has 0 saturated carbocycles. The SMILES string of the molecule is CC1(C(=O)OCc2ccccc2)c2ccccc2CC(NC(=O)COC2CCNCC2)N1CCC(=O)O.Cl. The van der Waals surface area contributed by atoms with Gasteiger partial charge in [-0.1, -0.05) is 54.6 Å². The number of nitrogens with zero attached hydrogens (tertiary/aromatic N) is 1. The van der Waals surface area contributed by atoms with Crippen LogP contribution in [0.4, 0.5) is 0 Å². The van der Waals surface area contributed by atoms with Crippen LogP contribution in [-0.2, 0) is 42.4 Å². The molecule has 1 fully saturated rings. The molecule has 206 valence electrons. The van der Waals surface area contributed by atoms with Crippen molar-refractivity contribution in [3.05, 3.63) is 71.3 Å². The number of piperidine rings is 1. The molecular weight excluding hydrogens is 510 g/mol. The second-order valence-electron chi connectivity index (χ2n) is 9.68.